The molecular formula is C33H45N5O9. The Bertz CT molecular complexity index is 1440. The van der Waals surface area contributed by atoms with E-state index in [-0.39, 0.29) is 69.0 Å². The largest absolute Gasteiger partial charge is 0.483 e. The lowest BCUT2D eigenvalue weighted by Gasteiger charge is -2.36. The number of nitrogens with zero attached hydrogens (tertiary/aromatic N) is 4. The SMILES string of the molecule is CCCCOC(=O)N1CCN(C(=O)[C@H](CCC(=O)O)NC(=O)c2cc(OCC(=O)N3CCC[C@H]3COC)c3ccc(C)cc3n2)CC1. The molecule has 4 rings (SSSR count). The van der Waals surface area contributed by atoms with Crippen molar-refractivity contribution >= 4 is 40.7 Å². The Labute approximate surface area is 274 Å². The summed E-state index contributed by atoms with van der Waals surface area (Å²) in [6.07, 6.45) is 2.48. The molecule has 2 fully saturated rings. The summed E-state index contributed by atoms with van der Waals surface area (Å²) in [5.41, 5.74) is 1.32. The van der Waals surface area contributed by atoms with Gasteiger partial charge in [-0.3, -0.25) is 19.2 Å². The number of unbranched alkanes of at least 4 members (excludes halogenated alkanes) is 1. The minimum atomic E-state index is -1.14. The molecule has 0 unspecified atom stereocenters. The maximum absolute atomic E-state index is 13.6. The van der Waals surface area contributed by atoms with Crippen LogP contribution >= 0.6 is 0 Å². The van der Waals surface area contributed by atoms with Crippen molar-refractivity contribution in [2.45, 2.75) is 64.5 Å². The average Bonchev–Trinajstić information content (AvgIpc) is 3.53. The summed E-state index contributed by atoms with van der Waals surface area (Å²) in [4.78, 5) is 73.3. The third kappa shape index (κ3) is 9.53. The first-order chi connectivity index (χ1) is 22.6. The van der Waals surface area contributed by atoms with Gasteiger partial charge in [0, 0.05) is 57.7 Å². The number of aryl methyl sites for hydroxylation is 1. The average molecular weight is 656 g/mol. The van der Waals surface area contributed by atoms with Crippen molar-refractivity contribution in [1.29, 1.82) is 0 Å². The van der Waals surface area contributed by atoms with Crippen molar-refractivity contribution in [3.05, 3.63) is 35.5 Å². The molecule has 256 valence electrons. The highest BCUT2D eigenvalue weighted by atomic mass is 16.6. The molecule has 2 N–H and O–H groups in total. The predicted octanol–water partition coefficient (Wildman–Crippen LogP) is 2.60. The number of carboxylic acids is 1. The molecular weight excluding hydrogens is 610 g/mol. The summed E-state index contributed by atoms with van der Waals surface area (Å²) in [5.74, 6) is -2.16. The van der Waals surface area contributed by atoms with E-state index in [1.165, 1.54) is 15.9 Å². The topological polar surface area (TPSA) is 168 Å². The van der Waals surface area contributed by atoms with Gasteiger partial charge in [0.05, 0.1) is 24.8 Å². The number of amides is 4. The number of aliphatic carboxylic acids is 1. The summed E-state index contributed by atoms with van der Waals surface area (Å²) >= 11 is 0. The van der Waals surface area contributed by atoms with Crippen LogP contribution in [0.2, 0.25) is 0 Å². The van der Waals surface area contributed by atoms with Gasteiger partial charge in [0.2, 0.25) is 5.91 Å². The Balaban J connectivity index is 1.48. The number of rotatable bonds is 14. The number of pyridine rings is 1. The Morgan fingerprint density at radius 1 is 1.06 bits per heavy atom. The number of carbonyl (C=O) groups excluding carboxylic acids is 4. The van der Waals surface area contributed by atoms with Crippen molar-refractivity contribution < 1.29 is 43.3 Å². The smallest absolute Gasteiger partial charge is 0.409 e. The van der Waals surface area contributed by atoms with Crippen molar-refractivity contribution in [3.8, 4) is 5.75 Å². The molecule has 0 saturated carbocycles. The van der Waals surface area contributed by atoms with E-state index in [9.17, 15) is 29.1 Å². The molecule has 3 heterocycles. The Morgan fingerprint density at radius 2 is 1.81 bits per heavy atom. The number of fused-ring (bicyclic) bond motifs is 1. The number of carbonyl (C=O) groups is 5. The highest BCUT2D eigenvalue weighted by Gasteiger charge is 2.32. The molecule has 1 aromatic carbocycles. The minimum Gasteiger partial charge on any atom is -0.483 e. The number of piperazine rings is 1. The Morgan fingerprint density at radius 3 is 2.51 bits per heavy atom. The van der Waals surface area contributed by atoms with Gasteiger partial charge in [-0.15, -0.1) is 0 Å². The predicted molar refractivity (Wildman–Crippen MR) is 171 cm³/mol. The monoisotopic (exact) mass is 655 g/mol. The number of methoxy groups -OCH3 is 1. The molecule has 2 saturated heterocycles. The van der Waals surface area contributed by atoms with E-state index < -0.39 is 29.9 Å². The van der Waals surface area contributed by atoms with Gasteiger partial charge < -0.3 is 39.3 Å². The number of aromatic nitrogens is 1. The van der Waals surface area contributed by atoms with E-state index in [1.807, 2.05) is 19.9 Å². The Kier molecular flexibility index (Phi) is 12.7. The zero-order valence-electron chi connectivity index (χ0n) is 27.4. The molecule has 2 aromatic rings. The molecule has 4 amide bonds. The van der Waals surface area contributed by atoms with Crippen LogP contribution in [0.15, 0.2) is 24.3 Å². The number of benzene rings is 1. The summed E-state index contributed by atoms with van der Waals surface area (Å²) in [6.45, 7) is 5.95. The molecule has 47 heavy (non-hydrogen) atoms. The number of likely N-dealkylation sites (tertiary alicyclic amines) is 1. The highest BCUT2D eigenvalue weighted by Crippen LogP contribution is 2.27. The minimum absolute atomic E-state index is 0.0165. The van der Waals surface area contributed by atoms with E-state index in [4.69, 9.17) is 14.2 Å². The summed E-state index contributed by atoms with van der Waals surface area (Å²) in [7, 11) is 1.60. The third-order valence-corrected chi connectivity index (χ3v) is 8.39. The van der Waals surface area contributed by atoms with Gasteiger partial charge in [0.1, 0.15) is 17.5 Å². The molecule has 2 atom stereocenters. The van der Waals surface area contributed by atoms with Crippen molar-refractivity contribution in [2.24, 2.45) is 0 Å². The number of carboxylic acid groups (broad SMARTS) is 1. The second-order valence-electron chi connectivity index (χ2n) is 11.9. The number of hydrogen-bond donors (Lipinski definition) is 2. The van der Waals surface area contributed by atoms with E-state index in [0.29, 0.717) is 30.7 Å². The van der Waals surface area contributed by atoms with Crippen molar-refractivity contribution in [1.82, 2.24) is 25.0 Å². The van der Waals surface area contributed by atoms with E-state index in [1.54, 1.807) is 24.1 Å². The van der Waals surface area contributed by atoms with Crippen LogP contribution in [0, 0.1) is 6.92 Å². The van der Waals surface area contributed by atoms with Gasteiger partial charge in [-0.2, -0.15) is 0 Å². The fourth-order valence-corrected chi connectivity index (χ4v) is 5.78. The fraction of sp³-hybridized carbons (Fsp3) is 0.576. The lowest BCUT2D eigenvalue weighted by atomic mass is 10.1. The maximum Gasteiger partial charge on any atom is 0.409 e. The summed E-state index contributed by atoms with van der Waals surface area (Å²) < 4.78 is 16.5. The van der Waals surface area contributed by atoms with Gasteiger partial charge >= 0.3 is 12.1 Å². The zero-order chi connectivity index (χ0) is 33.9. The van der Waals surface area contributed by atoms with Crippen LogP contribution in [0.4, 0.5) is 4.79 Å². The molecule has 1 aromatic heterocycles. The molecule has 0 aliphatic carbocycles. The summed E-state index contributed by atoms with van der Waals surface area (Å²) in [5, 5.41) is 12.6. The van der Waals surface area contributed by atoms with Crippen LogP contribution in [0.3, 0.4) is 0 Å². The van der Waals surface area contributed by atoms with Gasteiger partial charge in [0.15, 0.2) is 6.61 Å². The van der Waals surface area contributed by atoms with Crippen LogP contribution in [-0.2, 0) is 23.9 Å². The molecule has 14 heteroatoms. The van der Waals surface area contributed by atoms with Gasteiger partial charge in [-0.05, 0) is 50.3 Å². The van der Waals surface area contributed by atoms with Crippen molar-refractivity contribution in [2.75, 3.05) is 59.7 Å². The normalized spacial score (nSPS) is 17.0. The second-order valence-corrected chi connectivity index (χ2v) is 11.9. The third-order valence-electron chi connectivity index (χ3n) is 8.39. The highest BCUT2D eigenvalue weighted by molar-refractivity contribution is 5.99. The van der Waals surface area contributed by atoms with Crippen LogP contribution < -0.4 is 10.1 Å². The molecule has 0 bridgehead atoms. The van der Waals surface area contributed by atoms with E-state index in [2.05, 4.69) is 10.3 Å². The quantitative estimate of drug-likeness (QED) is 0.289. The van der Waals surface area contributed by atoms with Crippen LogP contribution in [-0.4, -0.2) is 126 Å². The second kappa shape index (κ2) is 16.9. The number of nitrogens with one attached hydrogen (secondary N) is 1. The molecule has 0 spiro atoms. The van der Waals surface area contributed by atoms with Crippen LogP contribution in [0.1, 0.15) is 61.5 Å². The molecule has 2 aliphatic heterocycles. The summed E-state index contributed by atoms with van der Waals surface area (Å²) in [6, 6.07) is 5.74. The van der Waals surface area contributed by atoms with Gasteiger partial charge in [-0.1, -0.05) is 19.4 Å². The standard InChI is InChI=1S/C33H45N5O9/c1-4-5-17-46-33(44)37-15-13-36(14-16-37)32(43)25(10-11-30(40)41)35-31(42)27-19-28(24-9-8-22(2)18-26(24)34-27)47-21-29(39)38-12-6-7-23(38)20-45-3/h8-9,18-19,23,25H,4-7,10-17,20-21H2,1-3H3,(H,35,42)(H,40,41)/t23-,25-/m0/s1. The molecule has 2 aliphatic rings. The first-order valence-corrected chi connectivity index (χ1v) is 16.2. The first-order valence-electron chi connectivity index (χ1n) is 16.2. The lowest BCUT2D eigenvalue weighted by Crippen LogP contribution is -2.56. The van der Waals surface area contributed by atoms with Crippen LogP contribution in [0.5, 0.6) is 5.75 Å². The number of hydrogen-bond acceptors (Lipinski definition) is 9. The lowest BCUT2D eigenvalue weighted by molar-refractivity contribution is -0.138. The first kappa shape index (κ1) is 35.4. The fourth-order valence-electron chi connectivity index (χ4n) is 5.78. The van der Waals surface area contributed by atoms with Crippen LogP contribution in [0.25, 0.3) is 10.9 Å². The molecule has 0 radical (unpaired) electrons. The van der Waals surface area contributed by atoms with E-state index >= 15 is 0 Å². The van der Waals surface area contributed by atoms with Crippen molar-refractivity contribution in [3.63, 3.8) is 0 Å². The maximum atomic E-state index is 13.6. The number of ether oxygens (including phenoxy) is 3. The Hall–Kier alpha value is -4.46. The van der Waals surface area contributed by atoms with Gasteiger partial charge in [0.25, 0.3) is 11.8 Å². The van der Waals surface area contributed by atoms with E-state index in [0.717, 1.165) is 31.2 Å². The molecule has 14 nitrogen and oxygen atoms in total. The zero-order valence-corrected chi connectivity index (χ0v) is 27.4. The van der Waals surface area contributed by atoms with Gasteiger partial charge in [-0.25, -0.2) is 9.78 Å².